The maximum atomic E-state index is 12.2. The van der Waals surface area contributed by atoms with Crippen molar-refractivity contribution in [2.75, 3.05) is 6.54 Å². The van der Waals surface area contributed by atoms with Gasteiger partial charge >= 0.3 is 5.97 Å². The Morgan fingerprint density at radius 1 is 1.28 bits per heavy atom. The Morgan fingerprint density at radius 2 is 1.83 bits per heavy atom. The average molecular weight is 255 g/mol. The van der Waals surface area contributed by atoms with Gasteiger partial charge in [0.15, 0.2) is 0 Å². The van der Waals surface area contributed by atoms with Crippen molar-refractivity contribution in [3.63, 3.8) is 0 Å². The van der Waals surface area contributed by atoms with E-state index in [1.807, 2.05) is 20.8 Å². The molecule has 18 heavy (non-hydrogen) atoms. The van der Waals surface area contributed by atoms with E-state index in [1.165, 1.54) is 0 Å². The molecule has 0 aromatic rings. The Morgan fingerprint density at radius 3 is 2.22 bits per heavy atom. The van der Waals surface area contributed by atoms with Crippen LogP contribution in [-0.2, 0) is 9.59 Å². The minimum Gasteiger partial charge on any atom is -0.481 e. The maximum absolute atomic E-state index is 12.2. The first-order valence-corrected chi connectivity index (χ1v) is 6.94. The Kier molecular flexibility index (Phi) is 5.17. The fraction of sp³-hybridized carbons (Fsp3) is 0.857. The highest BCUT2D eigenvalue weighted by molar-refractivity contribution is 5.83. The summed E-state index contributed by atoms with van der Waals surface area (Å²) in [5.41, 5.74) is -0.236. The average Bonchev–Trinajstić information content (AvgIpc) is 2.77. The van der Waals surface area contributed by atoms with E-state index in [9.17, 15) is 9.59 Å². The molecule has 0 spiro atoms. The van der Waals surface area contributed by atoms with Crippen LogP contribution in [0, 0.1) is 17.3 Å². The summed E-state index contributed by atoms with van der Waals surface area (Å²) in [6.07, 6.45) is 4.93. The lowest BCUT2D eigenvalue weighted by Crippen LogP contribution is -2.43. The number of aliphatic carboxylic acids is 1. The number of hydrogen-bond acceptors (Lipinski definition) is 2. The fourth-order valence-electron chi connectivity index (χ4n) is 2.79. The van der Waals surface area contributed by atoms with Crippen LogP contribution in [0.3, 0.4) is 0 Å². The highest BCUT2D eigenvalue weighted by Gasteiger charge is 2.39. The van der Waals surface area contributed by atoms with E-state index in [1.54, 1.807) is 0 Å². The van der Waals surface area contributed by atoms with Crippen molar-refractivity contribution >= 4 is 11.9 Å². The Hall–Kier alpha value is -1.06. The number of carboxylic acids is 1. The Balaban J connectivity index is 2.56. The predicted octanol–water partition coefficient (Wildman–Crippen LogP) is 2.43. The van der Waals surface area contributed by atoms with E-state index in [2.05, 4.69) is 5.32 Å². The van der Waals surface area contributed by atoms with Crippen molar-refractivity contribution in [2.45, 2.75) is 52.9 Å². The van der Waals surface area contributed by atoms with Gasteiger partial charge in [-0.25, -0.2) is 0 Å². The summed E-state index contributed by atoms with van der Waals surface area (Å²) in [5.74, 6) is -1.25. The molecule has 0 aromatic heterocycles. The minimum absolute atomic E-state index is 0.0314. The number of carbonyl (C=O) groups excluding carboxylic acids is 1. The van der Waals surface area contributed by atoms with E-state index >= 15 is 0 Å². The van der Waals surface area contributed by atoms with Crippen molar-refractivity contribution in [3.8, 4) is 0 Å². The molecule has 0 aliphatic heterocycles. The van der Waals surface area contributed by atoms with Gasteiger partial charge < -0.3 is 10.4 Å². The molecule has 0 saturated heterocycles. The molecule has 1 aliphatic rings. The van der Waals surface area contributed by atoms with E-state index < -0.39 is 11.9 Å². The molecule has 0 bridgehead atoms. The topological polar surface area (TPSA) is 66.4 Å². The molecule has 0 heterocycles. The van der Waals surface area contributed by atoms with E-state index in [0.29, 0.717) is 0 Å². The minimum atomic E-state index is -0.831. The second-order valence-corrected chi connectivity index (χ2v) is 5.74. The van der Waals surface area contributed by atoms with Crippen molar-refractivity contribution in [1.82, 2.24) is 5.32 Å². The second kappa shape index (κ2) is 6.21. The summed E-state index contributed by atoms with van der Waals surface area (Å²) in [6, 6.07) is 0. The largest absolute Gasteiger partial charge is 0.481 e. The summed E-state index contributed by atoms with van der Waals surface area (Å²) in [4.78, 5) is 23.3. The lowest BCUT2D eigenvalue weighted by atomic mass is 9.82. The molecule has 1 atom stereocenters. The Bertz CT molecular complexity index is 306. The van der Waals surface area contributed by atoms with E-state index in [-0.39, 0.29) is 23.8 Å². The van der Waals surface area contributed by atoms with Gasteiger partial charge in [0.1, 0.15) is 0 Å². The molecule has 1 aliphatic carbocycles. The zero-order chi connectivity index (χ0) is 13.8. The van der Waals surface area contributed by atoms with Crippen LogP contribution in [0.1, 0.15) is 52.9 Å². The van der Waals surface area contributed by atoms with Crippen LogP contribution in [0.15, 0.2) is 0 Å². The standard InChI is InChI=1S/C14H25NO3/c1-4-14(7-5-6-8-14)13(18)15-9-11(10(2)3)12(16)17/h10-11H,4-9H2,1-3H3,(H,15,18)(H,16,17). The smallest absolute Gasteiger partial charge is 0.308 e. The van der Waals surface area contributed by atoms with Crippen molar-refractivity contribution < 1.29 is 14.7 Å². The lowest BCUT2D eigenvalue weighted by Gasteiger charge is -2.27. The zero-order valence-electron chi connectivity index (χ0n) is 11.7. The van der Waals surface area contributed by atoms with E-state index in [4.69, 9.17) is 5.11 Å². The van der Waals surface area contributed by atoms with Crippen LogP contribution in [0.4, 0.5) is 0 Å². The van der Waals surface area contributed by atoms with Crippen molar-refractivity contribution in [2.24, 2.45) is 17.3 Å². The molecule has 0 aromatic carbocycles. The van der Waals surface area contributed by atoms with Gasteiger partial charge in [-0.3, -0.25) is 9.59 Å². The Labute approximate surface area is 109 Å². The summed E-state index contributed by atoms with van der Waals surface area (Å²) < 4.78 is 0. The van der Waals surface area contributed by atoms with Gasteiger partial charge in [-0.1, -0.05) is 33.6 Å². The molecule has 1 amide bonds. The number of rotatable bonds is 6. The second-order valence-electron chi connectivity index (χ2n) is 5.74. The van der Waals surface area contributed by atoms with Crippen molar-refractivity contribution in [3.05, 3.63) is 0 Å². The lowest BCUT2D eigenvalue weighted by molar-refractivity contribution is -0.143. The monoisotopic (exact) mass is 255 g/mol. The van der Waals surface area contributed by atoms with Gasteiger partial charge in [-0.05, 0) is 25.2 Å². The number of hydrogen-bond donors (Lipinski definition) is 2. The van der Waals surface area contributed by atoms with Gasteiger partial charge in [0.2, 0.25) is 5.91 Å². The molecule has 4 nitrogen and oxygen atoms in total. The predicted molar refractivity (Wildman–Crippen MR) is 70.2 cm³/mol. The first-order valence-electron chi connectivity index (χ1n) is 6.94. The maximum Gasteiger partial charge on any atom is 0.308 e. The molecule has 1 unspecified atom stereocenters. The molecule has 1 saturated carbocycles. The van der Waals surface area contributed by atoms with Gasteiger partial charge in [-0.2, -0.15) is 0 Å². The third-order valence-corrected chi connectivity index (χ3v) is 4.32. The number of amides is 1. The van der Waals surface area contributed by atoms with Crippen LogP contribution in [0.5, 0.6) is 0 Å². The van der Waals surface area contributed by atoms with Crippen LogP contribution in [-0.4, -0.2) is 23.5 Å². The highest BCUT2D eigenvalue weighted by atomic mass is 16.4. The molecular formula is C14H25NO3. The molecule has 104 valence electrons. The van der Waals surface area contributed by atoms with Crippen LogP contribution in [0.2, 0.25) is 0 Å². The molecule has 1 fully saturated rings. The molecular weight excluding hydrogens is 230 g/mol. The van der Waals surface area contributed by atoms with Crippen LogP contribution >= 0.6 is 0 Å². The first kappa shape index (κ1) is 15.0. The zero-order valence-corrected chi connectivity index (χ0v) is 11.7. The van der Waals surface area contributed by atoms with Gasteiger partial charge in [0.05, 0.1) is 5.92 Å². The quantitative estimate of drug-likeness (QED) is 0.766. The summed E-state index contributed by atoms with van der Waals surface area (Å²) in [7, 11) is 0. The third-order valence-electron chi connectivity index (χ3n) is 4.32. The normalized spacial score (nSPS) is 19.8. The van der Waals surface area contributed by atoms with Crippen LogP contribution < -0.4 is 5.32 Å². The first-order chi connectivity index (χ1) is 8.43. The molecule has 2 N–H and O–H groups in total. The summed E-state index contributed by atoms with van der Waals surface area (Å²) in [6.45, 7) is 6.03. The number of carbonyl (C=O) groups is 2. The molecule has 4 heteroatoms. The highest BCUT2D eigenvalue weighted by Crippen LogP contribution is 2.41. The molecule has 1 rings (SSSR count). The summed E-state index contributed by atoms with van der Waals surface area (Å²) >= 11 is 0. The van der Waals surface area contributed by atoms with E-state index in [0.717, 1.165) is 32.1 Å². The fourth-order valence-corrected chi connectivity index (χ4v) is 2.79. The van der Waals surface area contributed by atoms with Crippen LogP contribution in [0.25, 0.3) is 0 Å². The number of nitrogens with one attached hydrogen (secondary N) is 1. The van der Waals surface area contributed by atoms with Crippen molar-refractivity contribution in [1.29, 1.82) is 0 Å². The molecule has 0 radical (unpaired) electrons. The van der Waals surface area contributed by atoms with Gasteiger partial charge in [-0.15, -0.1) is 0 Å². The number of carboxylic acid groups (broad SMARTS) is 1. The SMILES string of the molecule is CCC1(C(=O)NCC(C(=O)O)C(C)C)CCCC1. The van der Waals surface area contributed by atoms with Gasteiger partial charge in [0.25, 0.3) is 0 Å². The summed E-state index contributed by atoms with van der Waals surface area (Å²) in [5, 5.41) is 12.0. The third kappa shape index (κ3) is 3.24. The van der Waals surface area contributed by atoms with Gasteiger partial charge in [0, 0.05) is 12.0 Å².